The highest BCUT2D eigenvalue weighted by Gasteiger charge is 2.44. The molecule has 130 valence electrons. The van der Waals surface area contributed by atoms with Gasteiger partial charge in [-0.1, -0.05) is 35.7 Å². The van der Waals surface area contributed by atoms with Crippen LogP contribution in [0.25, 0.3) is 10.4 Å². The first-order valence-electron chi connectivity index (χ1n) is 8.79. The number of rotatable bonds is 2. The van der Waals surface area contributed by atoms with Crippen LogP contribution in [0.1, 0.15) is 11.1 Å². The van der Waals surface area contributed by atoms with Crippen molar-refractivity contribution in [3.63, 3.8) is 0 Å². The monoisotopic (exact) mass is 390 g/mol. The molecule has 24 heavy (non-hydrogen) atoms. The number of hydrogen-bond donors (Lipinski definition) is 0. The summed E-state index contributed by atoms with van der Waals surface area (Å²) < 4.78 is 12.9. The Kier molecular flexibility index (Phi) is 4.18. The molecule has 0 radical (unpaired) electrons. The van der Waals surface area contributed by atoms with E-state index in [0.29, 0.717) is 0 Å². The molecule has 0 atom stereocenters. The molecule has 0 N–H and O–H groups in total. The van der Waals surface area contributed by atoms with Crippen molar-refractivity contribution in [1.29, 1.82) is 0 Å². The zero-order valence-corrected chi connectivity index (χ0v) is 20.3. The molecule has 0 aromatic heterocycles. The second-order valence-corrected chi connectivity index (χ2v) is 24.9. The number of hydrogen-bond acceptors (Lipinski definition) is 2. The fourth-order valence-corrected chi connectivity index (χ4v) is 24.4. The minimum Gasteiger partial charge on any atom is -0.449 e. The van der Waals surface area contributed by atoms with Gasteiger partial charge in [-0.2, -0.15) is 0 Å². The molecule has 0 aliphatic carbocycles. The van der Waals surface area contributed by atoms with Crippen LogP contribution < -0.4 is 0 Å². The molecule has 2 heterocycles. The molecule has 0 amide bonds. The fraction of sp³-hybridized carbons (Fsp3) is 0.444. The van der Waals surface area contributed by atoms with Crippen molar-refractivity contribution in [3.05, 3.63) is 46.8 Å². The Hall–Kier alpha value is -0.512. The molecule has 0 unspecified atom stereocenters. The highest BCUT2D eigenvalue weighted by molar-refractivity contribution is 7.04. The van der Waals surface area contributed by atoms with Gasteiger partial charge in [0.05, 0.1) is 0 Å². The van der Waals surface area contributed by atoms with Crippen molar-refractivity contribution in [1.82, 2.24) is 0 Å². The van der Waals surface area contributed by atoms with Crippen molar-refractivity contribution >= 4 is 43.7 Å². The van der Waals surface area contributed by atoms with Crippen molar-refractivity contribution < 1.29 is 8.23 Å². The summed E-state index contributed by atoms with van der Waals surface area (Å²) in [5.74, 6) is 0. The molecule has 0 saturated carbocycles. The quantitative estimate of drug-likeness (QED) is 0.621. The lowest BCUT2D eigenvalue weighted by Gasteiger charge is -2.26. The second-order valence-electron chi connectivity index (χ2n) is 9.13. The molecule has 1 aromatic rings. The lowest BCUT2D eigenvalue weighted by molar-refractivity contribution is 0.581. The van der Waals surface area contributed by atoms with Crippen LogP contribution in [0, 0.1) is 0 Å². The molecule has 0 fully saturated rings. The van der Waals surface area contributed by atoms with Gasteiger partial charge in [0.1, 0.15) is 0 Å². The molecule has 0 saturated heterocycles. The highest BCUT2D eigenvalue weighted by atomic mass is 28.4. The fourth-order valence-electron chi connectivity index (χ4n) is 4.22. The van der Waals surface area contributed by atoms with E-state index in [2.05, 4.69) is 88.0 Å². The van der Waals surface area contributed by atoms with Crippen LogP contribution in [0.2, 0.25) is 52.4 Å². The molecule has 6 heteroatoms. The van der Waals surface area contributed by atoms with Crippen LogP contribution in [-0.4, -0.2) is 33.3 Å². The van der Waals surface area contributed by atoms with E-state index in [1.807, 2.05) is 0 Å². The Morgan fingerprint density at radius 3 is 1.04 bits per heavy atom. The van der Waals surface area contributed by atoms with Crippen LogP contribution in [0.3, 0.4) is 0 Å². The van der Waals surface area contributed by atoms with Gasteiger partial charge in [-0.05, 0) is 73.9 Å². The topological polar surface area (TPSA) is 18.5 Å². The summed E-state index contributed by atoms with van der Waals surface area (Å²) in [4.78, 5) is 0. The predicted molar refractivity (Wildman–Crippen MR) is 114 cm³/mol. The smallest absolute Gasteiger partial charge is 0.206 e. The van der Waals surface area contributed by atoms with Gasteiger partial charge in [-0.3, -0.25) is 0 Å². The van der Waals surface area contributed by atoms with Gasteiger partial charge in [0.15, 0.2) is 16.6 Å². The molecular formula is C18H30O2Si4. The first kappa shape index (κ1) is 18.3. The summed E-state index contributed by atoms with van der Waals surface area (Å²) in [6, 6.07) is 9.20. The minimum absolute atomic E-state index is 1.35. The number of benzene rings is 1. The van der Waals surface area contributed by atoms with E-state index in [-0.39, 0.29) is 0 Å². The summed E-state index contributed by atoms with van der Waals surface area (Å²) in [5.41, 5.74) is 7.62. The van der Waals surface area contributed by atoms with E-state index >= 15 is 0 Å². The van der Waals surface area contributed by atoms with Crippen LogP contribution in [0.4, 0.5) is 0 Å². The maximum absolute atomic E-state index is 6.46. The van der Waals surface area contributed by atoms with E-state index in [0.717, 1.165) is 0 Å². The highest BCUT2D eigenvalue weighted by Crippen LogP contribution is 2.40. The molecule has 2 aliphatic rings. The Balaban J connectivity index is 1.96. The third-order valence-corrected chi connectivity index (χ3v) is 19.1. The van der Waals surface area contributed by atoms with Crippen LogP contribution in [0.15, 0.2) is 35.7 Å². The Labute approximate surface area is 151 Å². The standard InChI is InChI=1S/C18H30O2Si4/c1-21(2)13-17(23(5,6)19-21)15-9-11-16(12-10-15)18-14-22(3,4)20-24(18,7)8/h9-14H,1-8H3. The average Bonchev–Trinajstić information content (AvgIpc) is 2.76. The van der Waals surface area contributed by atoms with Gasteiger partial charge in [0.25, 0.3) is 0 Å². The summed E-state index contributed by atoms with van der Waals surface area (Å²) in [6.07, 6.45) is 0. The predicted octanol–water partition coefficient (Wildman–Crippen LogP) is 5.49. The second kappa shape index (κ2) is 5.49. The van der Waals surface area contributed by atoms with Crippen molar-refractivity contribution in [3.8, 4) is 0 Å². The molecule has 0 bridgehead atoms. The van der Waals surface area contributed by atoms with Gasteiger partial charge in [-0.25, -0.2) is 0 Å². The molecule has 2 aliphatic heterocycles. The summed E-state index contributed by atoms with van der Waals surface area (Å²) in [6.45, 7) is 18.5. The summed E-state index contributed by atoms with van der Waals surface area (Å²) in [7, 11) is -6.74. The van der Waals surface area contributed by atoms with Crippen LogP contribution in [0.5, 0.6) is 0 Å². The SMILES string of the molecule is C[Si]1(C)C=C(c2ccc(C3=C[Si](C)(C)O[Si]3(C)C)cc2)[Si](C)(C)O1. The van der Waals surface area contributed by atoms with Crippen molar-refractivity contribution in [2.45, 2.75) is 52.4 Å². The van der Waals surface area contributed by atoms with Crippen molar-refractivity contribution in [2.75, 3.05) is 0 Å². The first-order valence-corrected chi connectivity index (χ1v) is 20.6. The van der Waals surface area contributed by atoms with E-state index in [1.165, 1.54) is 21.5 Å². The lowest BCUT2D eigenvalue weighted by atomic mass is 10.1. The maximum atomic E-state index is 6.46. The van der Waals surface area contributed by atoms with Gasteiger partial charge >= 0.3 is 0 Å². The van der Waals surface area contributed by atoms with E-state index in [1.54, 1.807) is 0 Å². The van der Waals surface area contributed by atoms with Gasteiger partial charge in [-0.15, -0.1) is 0 Å². The molecule has 2 nitrogen and oxygen atoms in total. The van der Waals surface area contributed by atoms with Crippen LogP contribution in [-0.2, 0) is 8.23 Å². The Morgan fingerprint density at radius 1 is 0.542 bits per heavy atom. The third kappa shape index (κ3) is 3.40. The van der Waals surface area contributed by atoms with E-state index in [4.69, 9.17) is 8.23 Å². The van der Waals surface area contributed by atoms with Gasteiger partial charge in [0.2, 0.25) is 16.6 Å². The third-order valence-electron chi connectivity index (χ3n) is 4.82. The van der Waals surface area contributed by atoms with Crippen molar-refractivity contribution in [2.24, 2.45) is 0 Å². The molecule has 3 rings (SSSR count). The first-order chi connectivity index (χ1) is 10.8. The summed E-state index contributed by atoms with van der Waals surface area (Å²) in [5, 5.41) is 2.96. The normalized spacial score (nSPS) is 26.2. The molecule has 0 spiro atoms. The van der Waals surface area contributed by atoms with E-state index < -0.39 is 33.3 Å². The summed E-state index contributed by atoms with van der Waals surface area (Å²) >= 11 is 0. The van der Waals surface area contributed by atoms with E-state index in [9.17, 15) is 0 Å². The average molecular weight is 391 g/mol. The van der Waals surface area contributed by atoms with Crippen LogP contribution >= 0.6 is 0 Å². The lowest BCUT2D eigenvalue weighted by Crippen LogP contribution is -2.37. The zero-order chi connectivity index (χ0) is 18.0. The Bertz CT molecular complexity index is 665. The minimum atomic E-state index is -1.75. The molecule has 1 aromatic carbocycles. The van der Waals surface area contributed by atoms with Gasteiger partial charge < -0.3 is 8.23 Å². The van der Waals surface area contributed by atoms with Gasteiger partial charge in [0, 0.05) is 0 Å². The largest absolute Gasteiger partial charge is 0.449 e. The zero-order valence-electron chi connectivity index (χ0n) is 16.3. The maximum Gasteiger partial charge on any atom is 0.206 e. The molecular weight excluding hydrogens is 361 g/mol. The Morgan fingerprint density at radius 2 is 0.833 bits per heavy atom.